The van der Waals surface area contributed by atoms with Gasteiger partial charge in [-0.05, 0) is 47.6 Å². The Morgan fingerprint density at radius 1 is 1.21 bits per heavy atom. The molecule has 0 aliphatic heterocycles. The minimum Gasteiger partial charge on any atom is -0.391 e. The van der Waals surface area contributed by atoms with Crippen molar-refractivity contribution in [3.05, 3.63) is 83.2 Å². The van der Waals surface area contributed by atoms with E-state index in [0.29, 0.717) is 18.8 Å². The molecule has 2 aromatic heterocycles. The van der Waals surface area contributed by atoms with Gasteiger partial charge in [0.1, 0.15) is 11.5 Å². The Kier molecular flexibility index (Phi) is 6.81. The molecule has 0 fully saturated rings. The predicted octanol–water partition coefficient (Wildman–Crippen LogP) is 4.63. The zero-order valence-electron chi connectivity index (χ0n) is 22.4. The normalized spacial score (nSPS) is 18.2. The summed E-state index contributed by atoms with van der Waals surface area (Å²) in [4.78, 5) is 13.5. The van der Waals surface area contributed by atoms with E-state index in [1.807, 2.05) is 62.6 Å². The number of aliphatic hydroxyl groups excluding tert-OH is 1. The second-order valence-electron chi connectivity index (χ2n) is 10.6. The second kappa shape index (κ2) is 10.1. The molecule has 1 unspecified atom stereocenters. The molecule has 1 aliphatic carbocycles. The highest BCUT2D eigenvalue weighted by Crippen LogP contribution is 2.42. The maximum absolute atomic E-state index is 13.5. The number of hydrogen-bond acceptors (Lipinski definition) is 5. The number of carbonyl (C=O) groups is 1. The Morgan fingerprint density at radius 3 is 2.66 bits per heavy atom. The van der Waals surface area contributed by atoms with Gasteiger partial charge in [-0.1, -0.05) is 50.2 Å². The topological polar surface area (TPSA) is 106 Å². The van der Waals surface area contributed by atoms with Crippen molar-refractivity contribution in [2.75, 3.05) is 12.4 Å². The number of amides is 2. The molecule has 0 saturated carbocycles. The van der Waals surface area contributed by atoms with Crippen molar-refractivity contribution in [1.29, 1.82) is 0 Å². The van der Waals surface area contributed by atoms with Crippen LogP contribution in [0.3, 0.4) is 0 Å². The van der Waals surface area contributed by atoms with E-state index in [-0.39, 0.29) is 5.41 Å². The third-order valence-electron chi connectivity index (χ3n) is 7.22. The Labute approximate surface area is 222 Å². The zero-order chi connectivity index (χ0) is 27.0. The highest BCUT2D eigenvalue weighted by molar-refractivity contribution is 5.91. The maximum atomic E-state index is 13.5. The molecular formula is C29H34N6O3. The summed E-state index contributed by atoms with van der Waals surface area (Å²) in [5.41, 5.74) is 5.98. The third kappa shape index (κ3) is 4.82. The molecule has 5 rings (SSSR count). The number of methoxy groups -OCH3 is 1. The van der Waals surface area contributed by atoms with Gasteiger partial charge in [0.15, 0.2) is 0 Å². The number of carbonyl (C=O) groups excluding carboxylic acids is 1. The Balaban J connectivity index is 1.49. The minimum atomic E-state index is -0.743. The summed E-state index contributed by atoms with van der Waals surface area (Å²) in [6, 6.07) is 14.8. The number of aromatic nitrogens is 4. The van der Waals surface area contributed by atoms with Crippen LogP contribution < -0.4 is 10.6 Å². The van der Waals surface area contributed by atoms with Gasteiger partial charge in [0, 0.05) is 31.5 Å². The van der Waals surface area contributed by atoms with Crippen LogP contribution in [0.25, 0.3) is 16.9 Å². The molecule has 0 saturated heterocycles. The summed E-state index contributed by atoms with van der Waals surface area (Å²) in [7, 11) is 3.51. The third-order valence-corrected chi connectivity index (χ3v) is 7.22. The van der Waals surface area contributed by atoms with E-state index in [2.05, 4.69) is 35.6 Å². The summed E-state index contributed by atoms with van der Waals surface area (Å²) in [5, 5.41) is 26.3. The molecule has 198 valence electrons. The van der Waals surface area contributed by atoms with E-state index >= 15 is 0 Å². The first-order valence-electron chi connectivity index (χ1n) is 12.7. The van der Waals surface area contributed by atoms with Crippen LogP contribution in [0.4, 0.5) is 10.6 Å². The van der Waals surface area contributed by atoms with E-state index in [1.54, 1.807) is 22.7 Å². The van der Waals surface area contributed by atoms with Gasteiger partial charge in [-0.3, -0.25) is 10.00 Å². The van der Waals surface area contributed by atoms with Crippen LogP contribution in [0, 0.1) is 6.92 Å². The summed E-state index contributed by atoms with van der Waals surface area (Å²) in [6.45, 7) is 6.61. The SMILES string of the molecule is COCc1ccc2c(c1)C(NC(=O)Nc1c(C)c(-c3cnn(C)c3)nn1-c1ccccc1)[C@H](O)CC2(C)C. The monoisotopic (exact) mass is 514 g/mol. The first-order valence-corrected chi connectivity index (χ1v) is 12.7. The number of para-hydroxylation sites is 1. The van der Waals surface area contributed by atoms with Gasteiger partial charge in [0.2, 0.25) is 0 Å². The van der Waals surface area contributed by atoms with Crippen LogP contribution >= 0.6 is 0 Å². The molecule has 0 radical (unpaired) electrons. The summed E-state index contributed by atoms with van der Waals surface area (Å²) in [6.07, 6.45) is 3.43. The number of anilines is 1. The molecule has 0 spiro atoms. The molecule has 2 heterocycles. The predicted molar refractivity (Wildman–Crippen MR) is 146 cm³/mol. The molecular weight excluding hydrogens is 480 g/mol. The average Bonchev–Trinajstić information content (AvgIpc) is 3.45. The number of urea groups is 1. The quantitative estimate of drug-likeness (QED) is 0.348. The van der Waals surface area contributed by atoms with Gasteiger partial charge in [-0.15, -0.1) is 0 Å². The smallest absolute Gasteiger partial charge is 0.320 e. The van der Waals surface area contributed by atoms with Gasteiger partial charge in [0.25, 0.3) is 0 Å². The van der Waals surface area contributed by atoms with E-state index in [0.717, 1.165) is 39.2 Å². The van der Waals surface area contributed by atoms with Crippen LogP contribution in [0.5, 0.6) is 0 Å². The molecule has 2 aromatic carbocycles. The van der Waals surface area contributed by atoms with Crippen molar-refractivity contribution in [2.24, 2.45) is 7.05 Å². The average molecular weight is 515 g/mol. The van der Waals surface area contributed by atoms with Crippen molar-refractivity contribution in [3.63, 3.8) is 0 Å². The van der Waals surface area contributed by atoms with Crippen molar-refractivity contribution in [3.8, 4) is 16.9 Å². The molecule has 1 aliphatic rings. The summed E-state index contributed by atoms with van der Waals surface area (Å²) >= 11 is 0. The van der Waals surface area contributed by atoms with E-state index in [1.165, 1.54) is 0 Å². The number of aliphatic hydroxyl groups is 1. The summed E-state index contributed by atoms with van der Waals surface area (Å²) in [5.74, 6) is 0.548. The van der Waals surface area contributed by atoms with Crippen LogP contribution in [-0.2, 0) is 23.8 Å². The van der Waals surface area contributed by atoms with Gasteiger partial charge >= 0.3 is 6.03 Å². The fourth-order valence-corrected chi connectivity index (χ4v) is 5.38. The molecule has 9 nitrogen and oxygen atoms in total. The van der Waals surface area contributed by atoms with Gasteiger partial charge < -0.3 is 15.2 Å². The van der Waals surface area contributed by atoms with Crippen molar-refractivity contribution >= 4 is 11.8 Å². The molecule has 2 atom stereocenters. The fraction of sp³-hybridized carbons (Fsp3) is 0.345. The molecule has 2 amide bonds. The first-order chi connectivity index (χ1) is 18.2. The number of rotatable bonds is 6. The van der Waals surface area contributed by atoms with Gasteiger partial charge in [-0.2, -0.15) is 10.2 Å². The molecule has 9 heteroatoms. The standard InChI is InChI=1S/C29H34N6O3/c1-18-25(20-15-30-34(4)16-20)33-35(21-9-7-6-8-10-21)27(18)32-28(37)31-26-22-13-19(17-38-5)11-12-23(22)29(2,3)14-24(26)36/h6-13,15-16,24,26,36H,14,17H2,1-5H3,(H2,31,32,37)/t24-,26?/m1/s1. The largest absolute Gasteiger partial charge is 0.391 e. The van der Waals surface area contributed by atoms with Gasteiger partial charge in [0.05, 0.1) is 30.6 Å². The van der Waals surface area contributed by atoms with Crippen LogP contribution in [0.15, 0.2) is 60.9 Å². The number of nitrogens with one attached hydrogen (secondary N) is 2. The van der Waals surface area contributed by atoms with E-state index in [4.69, 9.17) is 9.84 Å². The Morgan fingerprint density at radius 2 is 1.97 bits per heavy atom. The zero-order valence-corrected chi connectivity index (χ0v) is 22.4. The molecule has 0 bridgehead atoms. The summed E-state index contributed by atoms with van der Waals surface area (Å²) < 4.78 is 8.77. The van der Waals surface area contributed by atoms with Crippen LogP contribution in [0.2, 0.25) is 0 Å². The molecule has 3 N–H and O–H groups in total. The number of benzene rings is 2. The minimum absolute atomic E-state index is 0.226. The number of hydrogen-bond donors (Lipinski definition) is 3. The lowest BCUT2D eigenvalue weighted by Gasteiger charge is -2.41. The highest BCUT2D eigenvalue weighted by Gasteiger charge is 2.39. The lowest BCUT2D eigenvalue weighted by Crippen LogP contribution is -2.45. The molecule has 38 heavy (non-hydrogen) atoms. The van der Waals surface area contributed by atoms with Crippen molar-refractivity contribution < 1.29 is 14.6 Å². The molecule has 4 aromatic rings. The van der Waals surface area contributed by atoms with Crippen LogP contribution in [0.1, 0.15) is 48.6 Å². The van der Waals surface area contributed by atoms with Crippen molar-refractivity contribution in [2.45, 2.75) is 51.4 Å². The number of ether oxygens (including phenoxy) is 1. The first kappa shape index (κ1) is 25.7. The number of fused-ring (bicyclic) bond motifs is 1. The number of nitrogens with zero attached hydrogens (tertiary/aromatic N) is 4. The second-order valence-corrected chi connectivity index (χ2v) is 10.6. The lowest BCUT2D eigenvalue weighted by atomic mass is 9.69. The Bertz CT molecular complexity index is 1460. The van der Waals surface area contributed by atoms with E-state index < -0.39 is 18.2 Å². The number of aryl methyl sites for hydroxylation is 1. The Hall–Kier alpha value is -3.95. The fourth-order valence-electron chi connectivity index (χ4n) is 5.38. The van der Waals surface area contributed by atoms with Gasteiger partial charge in [-0.25, -0.2) is 9.48 Å². The van der Waals surface area contributed by atoms with E-state index in [9.17, 15) is 9.90 Å². The van der Waals surface area contributed by atoms with Crippen LogP contribution in [-0.4, -0.2) is 43.9 Å². The highest BCUT2D eigenvalue weighted by atomic mass is 16.5. The van der Waals surface area contributed by atoms with Crippen molar-refractivity contribution in [1.82, 2.24) is 24.9 Å². The maximum Gasteiger partial charge on any atom is 0.320 e. The lowest BCUT2D eigenvalue weighted by molar-refractivity contribution is 0.0880.